The quantitative estimate of drug-likeness (QED) is 0.839. The van der Waals surface area contributed by atoms with E-state index in [1.54, 1.807) is 0 Å². The summed E-state index contributed by atoms with van der Waals surface area (Å²) in [5, 5.41) is 5.16. The molecule has 0 amide bonds. The van der Waals surface area contributed by atoms with Gasteiger partial charge >= 0.3 is 6.18 Å². The van der Waals surface area contributed by atoms with Crippen LogP contribution in [0.4, 0.5) is 25.1 Å². The van der Waals surface area contributed by atoms with E-state index in [-0.39, 0.29) is 29.6 Å². The van der Waals surface area contributed by atoms with E-state index in [1.807, 2.05) is 6.92 Å². The van der Waals surface area contributed by atoms with Crippen molar-refractivity contribution >= 4 is 23.5 Å². The molecule has 1 aliphatic rings. The third kappa shape index (κ3) is 4.59. The Bertz CT molecular complexity index is 492. The van der Waals surface area contributed by atoms with Gasteiger partial charge in [0.1, 0.15) is 6.04 Å². The Kier molecular flexibility index (Phi) is 4.75. The van der Waals surface area contributed by atoms with E-state index in [4.69, 9.17) is 11.6 Å². The lowest BCUT2D eigenvalue weighted by Crippen LogP contribution is -2.36. The molecule has 0 saturated heterocycles. The van der Waals surface area contributed by atoms with Crippen molar-refractivity contribution < 1.29 is 13.2 Å². The predicted molar refractivity (Wildman–Crippen MR) is 74.4 cm³/mol. The molecule has 0 aliphatic heterocycles. The maximum atomic E-state index is 12.7. The molecule has 9 heteroatoms. The molecule has 2 N–H and O–H groups in total. The Morgan fingerprint density at radius 1 is 1.19 bits per heavy atom. The van der Waals surface area contributed by atoms with Crippen LogP contribution in [0.15, 0.2) is 0 Å². The fraction of sp³-hybridized carbons (Fsp3) is 0.750. The second-order valence-corrected chi connectivity index (χ2v) is 5.51. The third-order valence-electron chi connectivity index (χ3n) is 3.40. The molecule has 0 unspecified atom stereocenters. The fourth-order valence-electron chi connectivity index (χ4n) is 1.97. The van der Waals surface area contributed by atoms with Crippen LogP contribution in [0.5, 0.6) is 0 Å². The maximum Gasteiger partial charge on any atom is 0.408 e. The van der Waals surface area contributed by atoms with E-state index in [0.717, 1.165) is 12.8 Å². The second kappa shape index (κ2) is 6.21. The first-order valence-electron chi connectivity index (χ1n) is 6.81. The van der Waals surface area contributed by atoms with Gasteiger partial charge in [-0.25, -0.2) is 0 Å². The summed E-state index contributed by atoms with van der Waals surface area (Å²) in [7, 11) is 0. The molecule has 1 aromatic heterocycles. The van der Waals surface area contributed by atoms with Gasteiger partial charge in [0.2, 0.25) is 17.2 Å². The van der Waals surface area contributed by atoms with Gasteiger partial charge in [-0.15, -0.1) is 0 Å². The van der Waals surface area contributed by atoms with Crippen LogP contribution in [0.2, 0.25) is 5.28 Å². The lowest BCUT2D eigenvalue weighted by molar-refractivity contribution is -0.143. The summed E-state index contributed by atoms with van der Waals surface area (Å²) in [4.78, 5) is 11.5. The average molecular weight is 324 g/mol. The molecule has 2 rings (SSSR count). The van der Waals surface area contributed by atoms with E-state index in [0.29, 0.717) is 5.92 Å². The minimum atomic E-state index is -4.37. The molecule has 118 valence electrons. The van der Waals surface area contributed by atoms with Gasteiger partial charge in [0.15, 0.2) is 0 Å². The van der Waals surface area contributed by atoms with Crippen molar-refractivity contribution in [2.45, 2.75) is 51.4 Å². The highest BCUT2D eigenvalue weighted by molar-refractivity contribution is 6.28. The monoisotopic (exact) mass is 323 g/mol. The van der Waals surface area contributed by atoms with Crippen LogP contribution in [0.1, 0.15) is 33.1 Å². The minimum Gasteiger partial charge on any atom is -0.351 e. The smallest absolute Gasteiger partial charge is 0.351 e. The Balaban J connectivity index is 2.10. The Hall–Kier alpha value is -1.31. The zero-order valence-electron chi connectivity index (χ0n) is 11.7. The van der Waals surface area contributed by atoms with E-state index in [1.165, 1.54) is 6.92 Å². The van der Waals surface area contributed by atoms with Crippen molar-refractivity contribution in [3.05, 3.63) is 5.28 Å². The summed E-state index contributed by atoms with van der Waals surface area (Å²) in [6.45, 7) is 3.41. The summed E-state index contributed by atoms with van der Waals surface area (Å²) in [6, 6.07) is -1.56. The fourth-order valence-corrected chi connectivity index (χ4v) is 2.13. The van der Waals surface area contributed by atoms with Crippen LogP contribution in [0, 0.1) is 5.92 Å². The minimum absolute atomic E-state index is 0.131. The van der Waals surface area contributed by atoms with Crippen molar-refractivity contribution in [3.63, 3.8) is 0 Å². The van der Waals surface area contributed by atoms with Crippen molar-refractivity contribution in [1.82, 2.24) is 15.0 Å². The molecule has 0 radical (unpaired) electrons. The van der Waals surface area contributed by atoms with E-state index in [9.17, 15) is 13.2 Å². The molecule has 0 spiro atoms. The lowest BCUT2D eigenvalue weighted by atomic mass is 10.2. The third-order valence-corrected chi connectivity index (χ3v) is 3.57. The van der Waals surface area contributed by atoms with Gasteiger partial charge in [0.25, 0.3) is 0 Å². The van der Waals surface area contributed by atoms with E-state index >= 15 is 0 Å². The van der Waals surface area contributed by atoms with Crippen molar-refractivity contribution in [2.24, 2.45) is 5.92 Å². The highest BCUT2D eigenvalue weighted by Gasteiger charge is 2.39. The predicted octanol–water partition coefficient (Wildman–Crippen LogP) is 3.49. The normalized spacial score (nSPS) is 18.2. The topological polar surface area (TPSA) is 62.7 Å². The maximum absolute atomic E-state index is 12.7. The first-order chi connectivity index (χ1) is 9.79. The molecule has 0 aromatic carbocycles. The van der Waals surface area contributed by atoms with Crippen LogP contribution in [-0.4, -0.2) is 33.2 Å². The Labute approximate surface area is 125 Å². The molecule has 1 saturated carbocycles. The van der Waals surface area contributed by atoms with Gasteiger partial charge in [0, 0.05) is 6.04 Å². The number of halogens is 4. The van der Waals surface area contributed by atoms with Crippen LogP contribution in [-0.2, 0) is 0 Å². The second-order valence-electron chi connectivity index (χ2n) is 5.17. The summed E-state index contributed by atoms with van der Waals surface area (Å²) < 4.78 is 38.2. The van der Waals surface area contributed by atoms with Crippen LogP contribution in [0.3, 0.4) is 0 Å². The first kappa shape index (κ1) is 16.1. The van der Waals surface area contributed by atoms with Gasteiger partial charge in [-0.05, 0) is 43.7 Å². The number of nitrogens with one attached hydrogen (secondary N) is 2. The van der Waals surface area contributed by atoms with Crippen molar-refractivity contribution in [1.29, 1.82) is 0 Å². The molecular formula is C12H17ClF3N5. The summed E-state index contributed by atoms with van der Waals surface area (Å²) in [5.74, 6) is 0.564. The standard InChI is InChI=1S/C12H17ClF3N5/c1-3-8(12(14,15)16)18-11-20-9(13)19-10(21-11)17-6(2)7-4-5-7/h6-8H,3-5H2,1-2H3,(H2,17,18,19,20,21)/t6-,8+/m0/s1. The summed E-state index contributed by atoms with van der Waals surface area (Å²) >= 11 is 5.75. The molecular weight excluding hydrogens is 307 g/mol. The number of rotatable bonds is 6. The van der Waals surface area contributed by atoms with Crippen molar-refractivity contribution in [2.75, 3.05) is 10.6 Å². The average Bonchev–Trinajstić information content (AvgIpc) is 3.17. The van der Waals surface area contributed by atoms with Gasteiger partial charge < -0.3 is 10.6 Å². The zero-order chi connectivity index (χ0) is 15.6. The lowest BCUT2D eigenvalue weighted by Gasteiger charge is -2.20. The van der Waals surface area contributed by atoms with E-state index < -0.39 is 12.2 Å². The van der Waals surface area contributed by atoms with Gasteiger partial charge in [0.05, 0.1) is 0 Å². The number of aromatic nitrogens is 3. The molecule has 1 heterocycles. The van der Waals surface area contributed by atoms with E-state index in [2.05, 4.69) is 25.6 Å². The van der Waals surface area contributed by atoms with Gasteiger partial charge in [-0.3, -0.25) is 0 Å². The number of nitrogens with zero attached hydrogens (tertiary/aromatic N) is 3. The number of anilines is 2. The highest BCUT2D eigenvalue weighted by Crippen LogP contribution is 2.33. The summed E-state index contributed by atoms with van der Waals surface area (Å²) in [5.41, 5.74) is 0. The van der Waals surface area contributed by atoms with Crippen LogP contribution >= 0.6 is 11.6 Å². The van der Waals surface area contributed by atoms with Crippen LogP contribution < -0.4 is 10.6 Å². The molecule has 21 heavy (non-hydrogen) atoms. The number of hydrogen-bond acceptors (Lipinski definition) is 5. The molecule has 1 fully saturated rings. The number of alkyl halides is 3. The molecule has 1 aliphatic carbocycles. The highest BCUT2D eigenvalue weighted by atomic mass is 35.5. The molecule has 0 bridgehead atoms. The number of hydrogen-bond donors (Lipinski definition) is 2. The zero-order valence-corrected chi connectivity index (χ0v) is 12.5. The molecule has 5 nitrogen and oxygen atoms in total. The molecule has 1 aromatic rings. The first-order valence-corrected chi connectivity index (χ1v) is 7.18. The largest absolute Gasteiger partial charge is 0.408 e. The van der Waals surface area contributed by atoms with Crippen LogP contribution in [0.25, 0.3) is 0 Å². The van der Waals surface area contributed by atoms with Gasteiger partial charge in [-0.2, -0.15) is 28.1 Å². The van der Waals surface area contributed by atoms with Gasteiger partial charge in [-0.1, -0.05) is 6.92 Å². The Morgan fingerprint density at radius 2 is 1.76 bits per heavy atom. The molecule has 2 atom stereocenters. The van der Waals surface area contributed by atoms with Crippen molar-refractivity contribution in [3.8, 4) is 0 Å². The SMILES string of the molecule is CC[C@@H](Nc1nc(Cl)nc(N[C@@H](C)C2CC2)n1)C(F)(F)F. The Morgan fingerprint density at radius 3 is 2.24 bits per heavy atom. The summed E-state index contributed by atoms with van der Waals surface area (Å²) in [6.07, 6.45) is -2.25.